The van der Waals surface area contributed by atoms with Gasteiger partial charge in [-0.25, -0.2) is 0 Å². The van der Waals surface area contributed by atoms with Crippen molar-refractivity contribution in [1.29, 1.82) is 0 Å². The number of rotatable bonds is 4. The van der Waals surface area contributed by atoms with Crippen LogP contribution in [0.5, 0.6) is 0 Å². The quantitative estimate of drug-likeness (QED) is 0.433. The van der Waals surface area contributed by atoms with Crippen LogP contribution in [0.1, 0.15) is 20.8 Å². The third-order valence-corrected chi connectivity index (χ3v) is 15.3. The van der Waals surface area contributed by atoms with E-state index >= 15 is 0 Å². The second kappa shape index (κ2) is 8.88. The minimum absolute atomic E-state index is 0.373. The van der Waals surface area contributed by atoms with Crippen LogP contribution >= 0.6 is 30.8 Å². The van der Waals surface area contributed by atoms with Crippen LogP contribution in [0.3, 0.4) is 0 Å². The second-order valence-electron chi connectivity index (χ2n) is 8.77. The summed E-state index contributed by atoms with van der Waals surface area (Å²) in [7, 11) is -1.78. The van der Waals surface area contributed by atoms with Gasteiger partial charge in [-0.2, -0.15) is 0 Å². The maximum absolute atomic E-state index is 2.40. The van der Waals surface area contributed by atoms with Gasteiger partial charge in [-0.1, -0.05) is 75.4 Å². The predicted molar refractivity (Wildman–Crippen MR) is 137 cm³/mol. The van der Waals surface area contributed by atoms with E-state index in [9.17, 15) is 0 Å². The zero-order chi connectivity index (χ0) is 20.3. The Hall–Kier alpha value is -1.21. The Labute approximate surface area is 185 Å². The van der Waals surface area contributed by atoms with E-state index in [0.717, 1.165) is 5.92 Å². The standard InChI is InChI=1S/C26H30PS2/c1-26(2,3)21-19-28-25(29-20-21)27(22-13-7-4-8-14-22,23-15-9-5-10-16-23)24-17-11-6-12-18-24/h4-18,21,25H,19-20H2,1-3H3/q+1. The first kappa shape index (κ1) is 21.0. The summed E-state index contributed by atoms with van der Waals surface area (Å²) in [6, 6.07) is 33.9. The van der Waals surface area contributed by atoms with Gasteiger partial charge in [0.25, 0.3) is 0 Å². The van der Waals surface area contributed by atoms with E-state index in [2.05, 4.69) is 135 Å². The maximum Gasteiger partial charge on any atom is 0.174 e. The van der Waals surface area contributed by atoms with Gasteiger partial charge in [0.05, 0.1) is 0 Å². The maximum atomic E-state index is 2.40. The molecule has 0 bridgehead atoms. The minimum Gasteiger partial charge on any atom is -0.106 e. The molecule has 0 N–H and O–H groups in total. The molecule has 0 saturated carbocycles. The van der Waals surface area contributed by atoms with Crippen molar-refractivity contribution in [2.45, 2.75) is 25.1 Å². The summed E-state index contributed by atoms with van der Waals surface area (Å²) >= 11 is 4.40. The van der Waals surface area contributed by atoms with Gasteiger partial charge in [-0.3, -0.25) is 0 Å². The predicted octanol–water partition coefficient (Wildman–Crippen LogP) is 6.41. The highest BCUT2D eigenvalue weighted by molar-refractivity contribution is 8.30. The molecule has 4 rings (SSSR count). The Bertz CT molecular complexity index is 799. The van der Waals surface area contributed by atoms with Crippen LogP contribution in [0, 0.1) is 11.3 Å². The summed E-state index contributed by atoms with van der Waals surface area (Å²) in [6.45, 7) is 7.19. The largest absolute Gasteiger partial charge is 0.174 e. The summed E-state index contributed by atoms with van der Waals surface area (Å²) in [4.78, 5) is 0. The van der Waals surface area contributed by atoms with Crippen molar-refractivity contribution >= 4 is 46.7 Å². The molecule has 0 unspecified atom stereocenters. The van der Waals surface area contributed by atoms with Crippen molar-refractivity contribution < 1.29 is 0 Å². The Morgan fingerprint density at radius 1 is 0.621 bits per heavy atom. The average molecular weight is 438 g/mol. The van der Waals surface area contributed by atoms with E-state index in [0.29, 0.717) is 9.74 Å². The fraction of sp³-hybridized carbons (Fsp3) is 0.308. The van der Waals surface area contributed by atoms with Gasteiger partial charge in [0.1, 0.15) is 23.2 Å². The third-order valence-electron chi connectivity index (χ3n) is 5.91. The lowest BCUT2D eigenvalue weighted by Crippen LogP contribution is -2.39. The van der Waals surface area contributed by atoms with Gasteiger partial charge < -0.3 is 0 Å². The van der Waals surface area contributed by atoms with Gasteiger partial charge in [0.15, 0.2) is 4.32 Å². The molecule has 1 fully saturated rings. The number of thioether (sulfide) groups is 2. The molecule has 0 nitrogen and oxygen atoms in total. The topological polar surface area (TPSA) is 0 Å². The van der Waals surface area contributed by atoms with E-state index in [4.69, 9.17) is 0 Å². The Morgan fingerprint density at radius 3 is 1.28 bits per heavy atom. The molecule has 3 aromatic rings. The first-order chi connectivity index (χ1) is 14.0. The molecule has 1 aliphatic rings. The molecule has 0 atom stereocenters. The van der Waals surface area contributed by atoms with Gasteiger partial charge >= 0.3 is 0 Å². The second-order valence-corrected chi connectivity index (χ2v) is 15.6. The van der Waals surface area contributed by atoms with Gasteiger partial charge in [-0.05, 0) is 47.7 Å². The average Bonchev–Trinajstić information content (AvgIpc) is 2.76. The van der Waals surface area contributed by atoms with Crippen LogP contribution in [0.25, 0.3) is 0 Å². The summed E-state index contributed by atoms with van der Waals surface area (Å²) in [5.41, 5.74) is 0.373. The Balaban J connectivity index is 1.88. The summed E-state index contributed by atoms with van der Waals surface area (Å²) in [6.07, 6.45) is 0. The first-order valence-electron chi connectivity index (χ1n) is 10.3. The minimum atomic E-state index is -1.78. The smallest absolute Gasteiger partial charge is 0.106 e. The van der Waals surface area contributed by atoms with E-state index in [1.807, 2.05) is 0 Å². The van der Waals surface area contributed by atoms with Crippen molar-refractivity contribution in [3.8, 4) is 0 Å². The van der Waals surface area contributed by atoms with Crippen molar-refractivity contribution in [2.75, 3.05) is 11.5 Å². The van der Waals surface area contributed by atoms with Gasteiger partial charge in [-0.15, -0.1) is 23.5 Å². The summed E-state index contributed by atoms with van der Waals surface area (Å²) in [5, 5.41) is 4.49. The zero-order valence-corrected chi connectivity index (χ0v) is 20.0. The van der Waals surface area contributed by atoms with Crippen molar-refractivity contribution in [1.82, 2.24) is 0 Å². The molecule has 0 radical (unpaired) electrons. The van der Waals surface area contributed by atoms with Crippen molar-refractivity contribution in [2.24, 2.45) is 11.3 Å². The molecular weight excluding hydrogens is 407 g/mol. The molecule has 0 aromatic heterocycles. The highest BCUT2D eigenvalue weighted by atomic mass is 32.2. The summed E-state index contributed by atoms with van der Waals surface area (Å²) < 4.78 is 0.549. The molecule has 3 aromatic carbocycles. The molecule has 1 heterocycles. The molecule has 0 amide bonds. The van der Waals surface area contributed by atoms with Gasteiger partial charge in [0, 0.05) is 11.5 Å². The fourth-order valence-corrected chi connectivity index (χ4v) is 15.1. The highest BCUT2D eigenvalue weighted by Crippen LogP contribution is 2.68. The number of benzene rings is 3. The lowest BCUT2D eigenvalue weighted by molar-refractivity contribution is 0.293. The summed E-state index contributed by atoms with van der Waals surface area (Å²) in [5.74, 6) is 3.25. The molecule has 150 valence electrons. The molecule has 1 aliphatic heterocycles. The van der Waals surface area contributed by atoms with E-state index in [1.165, 1.54) is 27.4 Å². The van der Waals surface area contributed by atoms with E-state index in [1.54, 1.807) is 0 Å². The molecule has 0 aliphatic carbocycles. The van der Waals surface area contributed by atoms with Crippen LogP contribution in [0.4, 0.5) is 0 Å². The Kier molecular flexibility index (Phi) is 6.44. The first-order valence-corrected chi connectivity index (χ1v) is 14.3. The molecular formula is C26H30PS2+. The van der Waals surface area contributed by atoms with Crippen LogP contribution in [-0.2, 0) is 0 Å². The van der Waals surface area contributed by atoms with Crippen LogP contribution in [-0.4, -0.2) is 15.8 Å². The normalized spacial score (nSPS) is 20.4. The number of hydrogen-bond donors (Lipinski definition) is 0. The van der Waals surface area contributed by atoms with E-state index < -0.39 is 7.26 Å². The van der Waals surface area contributed by atoms with Crippen LogP contribution in [0.2, 0.25) is 0 Å². The SMILES string of the molecule is CC(C)(C)C1CSC([P+](c2ccccc2)(c2ccccc2)c2ccccc2)SC1. The lowest BCUT2D eigenvalue weighted by Gasteiger charge is -2.40. The van der Waals surface area contributed by atoms with Crippen LogP contribution < -0.4 is 15.9 Å². The monoisotopic (exact) mass is 437 g/mol. The van der Waals surface area contributed by atoms with Crippen LogP contribution in [0.15, 0.2) is 91.0 Å². The van der Waals surface area contributed by atoms with Gasteiger partial charge in [0.2, 0.25) is 0 Å². The van der Waals surface area contributed by atoms with Crippen molar-refractivity contribution in [3.63, 3.8) is 0 Å². The fourth-order valence-electron chi connectivity index (χ4n) is 4.02. The molecule has 1 saturated heterocycles. The molecule has 3 heteroatoms. The zero-order valence-electron chi connectivity index (χ0n) is 17.5. The molecule has 29 heavy (non-hydrogen) atoms. The third kappa shape index (κ3) is 4.18. The van der Waals surface area contributed by atoms with Crippen molar-refractivity contribution in [3.05, 3.63) is 91.0 Å². The molecule has 0 spiro atoms. The Morgan fingerprint density at radius 2 is 0.966 bits per heavy atom. The highest BCUT2D eigenvalue weighted by Gasteiger charge is 2.54. The number of hydrogen-bond acceptors (Lipinski definition) is 2. The van der Waals surface area contributed by atoms with E-state index in [-0.39, 0.29) is 0 Å². The lowest BCUT2D eigenvalue weighted by atomic mass is 9.83.